The van der Waals surface area contributed by atoms with Crippen LogP contribution in [0.1, 0.15) is 32.6 Å². The Morgan fingerprint density at radius 2 is 1.71 bits per heavy atom. The first kappa shape index (κ1) is 20.0. The van der Waals surface area contributed by atoms with E-state index < -0.39 is 24.6 Å². The number of nitriles is 1. The molecule has 3 rings (SSSR count). The monoisotopic (exact) mass is 383 g/mol. The van der Waals surface area contributed by atoms with E-state index in [0.29, 0.717) is 33.6 Å². The normalized spacial score (nSPS) is 24.4. The Morgan fingerprint density at radius 1 is 1.11 bits per heavy atom. The number of carbonyl (C=O) groups is 1. The molecule has 0 saturated carbocycles. The maximum absolute atomic E-state index is 12.9. The topological polar surface area (TPSA) is 120 Å². The molecule has 0 amide bonds. The van der Waals surface area contributed by atoms with E-state index >= 15 is 0 Å². The van der Waals surface area contributed by atoms with Crippen LogP contribution in [0.15, 0.2) is 36.4 Å². The third-order valence-corrected chi connectivity index (χ3v) is 4.72. The lowest BCUT2D eigenvalue weighted by atomic mass is 9.94. The largest absolute Gasteiger partial charge is 0.462 e. The van der Waals surface area contributed by atoms with Crippen LogP contribution in [0.2, 0.25) is 0 Å². The number of aliphatic hydroxyl groups is 3. The van der Waals surface area contributed by atoms with Gasteiger partial charge in [-0.3, -0.25) is 4.79 Å². The average molecular weight is 383 g/mol. The van der Waals surface area contributed by atoms with Crippen LogP contribution in [-0.4, -0.2) is 52.3 Å². The van der Waals surface area contributed by atoms with E-state index in [1.807, 2.05) is 6.07 Å². The molecular weight excluding hydrogens is 362 g/mol. The predicted octanol–water partition coefficient (Wildman–Crippen LogP) is 1.22. The van der Waals surface area contributed by atoms with Crippen molar-refractivity contribution in [1.82, 2.24) is 0 Å². The second-order valence-electron chi connectivity index (χ2n) is 6.82. The van der Waals surface area contributed by atoms with Crippen molar-refractivity contribution in [1.29, 1.82) is 5.26 Å². The summed E-state index contributed by atoms with van der Waals surface area (Å²) in [7, 11) is 0. The van der Waals surface area contributed by atoms with Gasteiger partial charge in [0.15, 0.2) is 5.78 Å². The lowest BCUT2D eigenvalue weighted by molar-refractivity contribution is -0.242. The Balaban J connectivity index is 1.82. The highest BCUT2D eigenvalue weighted by molar-refractivity contribution is 6.10. The first-order chi connectivity index (χ1) is 13.3. The van der Waals surface area contributed by atoms with Crippen LogP contribution in [0.25, 0.3) is 0 Å². The van der Waals surface area contributed by atoms with Crippen LogP contribution < -0.4 is 4.74 Å². The van der Waals surface area contributed by atoms with Gasteiger partial charge in [-0.1, -0.05) is 0 Å². The van der Waals surface area contributed by atoms with E-state index in [2.05, 4.69) is 0 Å². The summed E-state index contributed by atoms with van der Waals surface area (Å²) < 4.78 is 10.9. The van der Waals surface area contributed by atoms with Crippen molar-refractivity contribution in [3.8, 4) is 11.8 Å². The number of ether oxygens (including phenoxy) is 2. The summed E-state index contributed by atoms with van der Waals surface area (Å²) in [6, 6.07) is 11.7. The maximum atomic E-state index is 12.9. The number of aliphatic hydroxyl groups excluding tert-OH is 3. The smallest absolute Gasteiger partial charge is 0.228 e. The molecule has 0 aromatic heterocycles. The minimum Gasteiger partial charge on any atom is -0.462 e. The molecule has 7 nitrogen and oxygen atoms in total. The minimum atomic E-state index is -1.40. The average Bonchev–Trinajstić information content (AvgIpc) is 2.68. The first-order valence-corrected chi connectivity index (χ1v) is 8.80. The molecule has 0 spiro atoms. The van der Waals surface area contributed by atoms with Crippen molar-refractivity contribution in [2.45, 2.75) is 38.4 Å². The van der Waals surface area contributed by atoms with E-state index in [0.717, 1.165) is 0 Å². The molecule has 146 valence electrons. The molecule has 2 aromatic rings. The highest BCUT2D eigenvalue weighted by Gasteiger charge is 2.39. The predicted molar refractivity (Wildman–Crippen MR) is 98.9 cm³/mol. The molecule has 0 bridgehead atoms. The van der Waals surface area contributed by atoms with Crippen LogP contribution in [-0.2, 0) is 4.74 Å². The van der Waals surface area contributed by atoms with E-state index in [-0.39, 0.29) is 12.4 Å². The second kappa shape index (κ2) is 8.09. The Kier molecular flexibility index (Phi) is 5.77. The molecule has 1 aliphatic rings. The summed E-state index contributed by atoms with van der Waals surface area (Å²) in [5, 5.41) is 38.2. The third kappa shape index (κ3) is 3.91. The van der Waals surface area contributed by atoms with Crippen LogP contribution in [0.3, 0.4) is 0 Å². The number of benzene rings is 2. The second-order valence-corrected chi connectivity index (χ2v) is 6.82. The molecule has 3 N–H and O–H groups in total. The molecule has 1 saturated heterocycles. The van der Waals surface area contributed by atoms with Crippen molar-refractivity contribution in [2.75, 3.05) is 6.61 Å². The summed E-state index contributed by atoms with van der Waals surface area (Å²) in [6.07, 6.45) is -5.06. The summed E-state index contributed by atoms with van der Waals surface area (Å²) in [6.45, 7) is 3.39. The molecule has 1 heterocycles. The van der Waals surface area contributed by atoms with Gasteiger partial charge >= 0.3 is 0 Å². The lowest BCUT2D eigenvalue weighted by Crippen LogP contribution is -2.54. The zero-order valence-corrected chi connectivity index (χ0v) is 15.5. The summed E-state index contributed by atoms with van der Waals surface area (Å²) >= 11 is 0. The fraction of sp³-hybridized carbons (Fsp3) is 0.333. The van der Waals surface area contributed by atoms with Gasteiger partial charge in [-0.25, -0.2) is 0 Å². The molecule has 0 aliphatic carbocycles. The van der Waals surface area contributed by atoms with Crippen molar-refractivity contribution >= 4 is 5.78 Å². The minimum absolute atomic E-state index is 0.157. The zero-order valence-electron chi connectivity index (χ0n) is 15.5. The van der Waals surface area contributed by atoms with Gasteiger partial charge in [-0.05, 0) is 61.4 Å². The van der Waals surface area contributed by atoms with E-state index in [1.165, 1.54) is 0 Å². The van der Waals surface area contributed by atoms with Gasteiger partial charge in [0.2, 0.25) is 6.29 Å². The highest BCUT2D eigenvalue weighted by Crippen LogP contribution is 2.27. The van der Waals surface area contributed by atoms with Crippen molar-refractivity contribution in [2.24, 2.45) is 0 Å². The fourth-order valence-electron chi connectivity index (χ4n) is 3.21. The van der Waals surface area contributed by atoms with Gasteiger partial charge in [-0.15, -0.1) is 0 Å². The number of hydrogen-bond acceptors (Lipinski definition) is 7. The standard InChI is InChI=1S/C21H21NO6/c1-11-7-15(28-21-20(26)19(25)16(23)10-27-21)8-12(2)17(11)18(24)14-5-3-13(9-22)4-6-14/h3-8,16,19-21,23,25-26H,10H2,1-2H3/t16-,19+,20-,21+/m0/s1. The Hall–Kier alpha value is -2.76. The summed E-state index contributed by atoms with van der Waals surface area (Å²) in [5.74, 6) is 0.206. The highest BCUT2D eigenvalue weighted by atomic mass is 16.7. The molecule has 1 aliphatic heterocycles. The summed E-state index contributed by atoms with van der Waals surface area (Å²) in [5.41, 5.74) is 2.83. The Morgan fingerprint density at radius 3 is 2.29 bits per heavy atom. The van der Waals surface area contributed by atoms with Gasteiger partial charge in [0, 0.05) is 11.1 Å². The molecule has 4 atom stereocenters. The quantitative estimate of drug-likeness (QED) is 0.679. The number of rotatable bonds is 4. The van der Waals surface area contributed by atoms with Crippen molar-refractivity contribution in [3.63, 3.8) is 0 Å². The van der Waals surface area contributed by atoms with Gasteiger partial charge < -0.3 is 24.8 Å². The Labute approximate surface area is 162 Å². The maximum Gasteiger partial charge on any atom is 0.228 e. The van der Waals surface area contributed by atoms with Crippen molar-refractivity contribution in [3.05, 3.63) is 64.2 Å². The number of nitrogens with zero attached hydrogens (tertiary/aromatic N) is 1. The van der Waals surface area contributed by atoms with Gasteiger partial charge in [0.1, 0.15) is 24.1 Å². The van der Waals surface area contributed by atoms with Crippen LogP contribution in [0, 0.1) is 25.2 Å². The van der Waals surface area contributed by atoms with Crippen LogP contribution in [0.4, 0.5) is 0 Å². The van der Waals surface area contributed by atoms with Crippen LogP contribution in [0.5, 0.6) is 5.75 Å². The van der Waals surface area contributed by atoms with E-state index in [1.54, 1.807) is 50.2 Å². The molecule has 7 heteroatoms. The number of aryl methyl sites for hydroxylation is 2. The molecule has 2 aromatic carbocycles. The molecular formula is C21H21NO6. The Bertz CT molecular complexity index is 894. The fourth-order valence-corrected chi connectivity index (χ4v) is 3.21. The zero-order chi connectivity index (χ0) is 20.4. The van der Waals surface area contributed by atoms with E-state index in [4.69, 9.17) is 14.7 Å². The molecule has 28 heavy (non-hydrogen) atoms. The lowest BCUT2D eigenvalue weighted by Gasteiger charge is -2.35. The third-order valence-electron chi connectivity index (χ3n) is 4.72. The number of carbonyl (C=O) groups excluding carboxylic acids is 1. The number of hydrogen-bond donors (Lipinski definition) is 3. The van der Waals surface area contributed by atoms with Gasteiger partial charge in [0.05, 0.1) is 18.2 Å². The number of ketones is 1. The molecule has 0 radical (unpaired) electrons. The molecule has 1 fully saturated rings. The first-order valence-electron chi connectivity index (χ1n) is 8.80. The van der Waals surface area contributed by atoms with E-state index in [9.17, 15) is 20.1 Å². The molecule has 0 unspecified atom stereocenters. The summed E-state index contributed by atoms with van der Waals surface area (Å²) in [4.78, 5) is 12.9. The van der Waals surface area contributed by atoms with Gasteiger partial charge in [-0.2, -0.15) is 5.26 Å². The van der Waals surface area contributed by atoms with Crippen LogP contribution >= 0.6 is 0 Å². The SMILES string of the molecule is Cc1cc(O[C@H]2OC[C@H](O)[C@@H](O)[C@@H]2O)cc(C)c1C(=O)c1ccc(C#N)cc1. The van der Waals surface area contributed by atoms with Crippen molar-refractivity contribution < 1.29 is 29.6 Å². The van der Waals surface area contributed by atoms with Gasteiger partial charge in [0.25, 0.3) is 0 Å².